The first kappa shape index (κ1) is 16.1. The predicted octanol–water partition coefficient (Wildman–Crippen LogP) is 1.60. The van der Waals surface area contributed by atoms with Gasteiger partial charge in [0, 0.05) is 0 Å². The van der Waals surface area contributed by atoms with Crippen molar-refractivity contribution >= 4 is 17.8 Å². The second-order valence-electron chi connectivity index (χ2n) is 4.52. The van der Waals surface area contributed by atoms with Crippen molar-refractivity contribution in [2.45, 2.75) is 19.9 Å². The molecule has 0 aliphatic carbocycles. The summed E-state index contributed by atoms with van der Waals surface area (Å²) in [5, 5.41) is 27.1. The van der Waals surface area contributed by atoms with E-state index in [0.29, 0.717) is 0 Å². The molecule has 9 heteroatoms. The molecule has 2 rings (SSSR count). The van der Waals surface area contributed by atoms with Gasteiger partial charge >= 0.3 is 11.9 Å². The van der Waals surface area contributed by atoms with Gasteiger partial charge in [0.1, 0.15) is 34.5 Å². The number of ether oxygens (including phenoxy) is 1. The molecule has 0 spiro atoms. The average molecular weight is 318 g/mol. The van der Waals surface area contributed by atoms with Crippen molar-refractivity contribution in [1.29, 1.82) is 5.26 Å². The molecule has 23 heavy (non-hydrogen) atoms. The lowest BCUT2D eigenvalue weighted by Crippen LogP contribution is -2.23. The van der Waals surface area contributed by atoms with Crippen LogP contribution in [0, 0.1) is 18.3 Å². The molecule has 0 fully saturated rings. The molecule has 2 aromatic heterocycles. The third kappa shape index (κ3) is 3.32. The number of H-pyrrole nitrogens is 1. The van der Waals surface area contributed by atoms with E-state index in [2.05, 4.69) is 15.5 Å². The van der Waals surface area contributed by atoms with Crippen LogP contribution in [0.2, 0.25) is 0 Å². The fourth-order valence-corrected chi connectivity index (χ4v) is 1.96. The van der Waals surface area contributed by atoms with Crippen LogP contribution < -0.4 is 5.32 Å². The number of hydrogen-bond acceptors (Lipinski definition) is 7. The maximum absolute atomic E-state index is 12.2. The molecule has 2 heterocycles. The van der Waals surface area contributed by atoms with Gasteiger partial charge in [0.2, 0.25) is 0 Å². The molecule has 0 saturated heterocycles. The Morgan fingerprint density at radius 2 is 2.35 bits per heavy atom. The van der Waals surface area contributed by atoms with Crippen LogP contribution in [-0.4, -0.2) is 33.8 Å². The minimum atomic E-state index is -1.17. The summed E-state index contributed by atoms with van der Waals surface area (Å²) >= 11 is 0. The second kappa shape index (κ2) is 6.65. The van der Waals surface area contributed by atoms with Crippen molar-refractivity contribution in [3.63, 3.8) is 0 Å². The Bertz CT molecular complexity index is 770. The van der Waals surface area contributed by atoms with Crippen LogP contribution in [0.4, 0.5) is 5.82 Å². The van der Waals surface area contributed by atoms with Gasteiger partial charge in [-0.1, -0.05) is 0 Å². The number of hydrogen-bond donors (Lipinski definition) is 3. The zero-order valence-electron chi connectivity index (χ0n) is 12.4. The van der Waals surface area contributed by atoms with E-state index in [1.807, 2.05) is 6.07 Å². The molecule has 1 atom stereocenters. The van der Waals surface area contributed by atoms with E-state index in [1.54, 1.807) is 6.92 Å². The van der Waals surface area contributed by atoms with Crippen molar-refractivity contribution < 1.29 is 23.8 Å². The van der Waals surface area contributed by atoms with E-state index in [9.17, 15) is 9.59 Å². The van der Waals surface area contributed by atoms with Crippen molar-refractivity contribution in [1.82, 2.24) is 10.2 Å². The minimum absolute atomic E-state index is 0.0544. The fraction of sp³-hybridized carbons (Fsp3) is 0.286. The van der Waals surface area contributed by atoms with Gasteiger partial charge in [-0.05, 0) is 19.9 Å². The molecule has 2 aromatic rings. The minimum Gasteiger partial charge on any atom is -0.478 e. The molecule has 0 radical (unpaired) electrons. The van der Waals surface area contributed by atoms with E-state index in [4.69, 9.17) is 19.5 Å². The summed E-state index contributed by atoms with van der Waals surface area (Å²) in [6, 6.07) is 2.03. The van der Waals surface area contributed by atoms with E-state index >= 15 is 0 Å². The highest BCUT2D eigenvalue weighted by Crippen LogP contribution is 2.26. The number of anilines is 1. The molecule has 120 valence electrons. The molecule has 1 unspecified atom stereocenters. The quantitative estimate of drug-likeness (QED) is 0.682. The Balaban J connectivity index is 2.39. The number of aryl methyl sites for hydroxylation is 1. The number of carbonyl (C=O) groups excluding carboxylic acids is 1. The Labute approximate surface area is 130 Å². The first-order chi connectivity index (χ1) is 11.0. The maximum Gasteiger partial charge on any atom is 0.339 e. The van der Waals surface area contributed by atoms with Crippen LogP contribution in [0.25, 0.3) is 0 Å². The summed E-state index contributed by atoms with van der Waals surface area (Å²) in [4.78, 5) is 23.3. The number of rotatable bonds is 6. The highest BCUT2D eigenvalue weighted by molar-refractivity contribution is 5.89. The number of nitrogens with one attached hydrogen (secondary N) is 2. The van der Waals surface area contributed by atoms with Crippen molar-refractivity contribution in [3.8, 4) is 6.07 Å². The number of aromatic carboxylic acids is 1. The van der Waals surface area contributed by atoms with Gasteiger partial charge in [-0.15, -0.1) is 0 Å². The van der Waals surface area contributed by atoms with Gasteiger partial charge < -0.3 is 19.6 Å². The monoisotopic (exact) mass is 318 g/mol. The zero-order chi connectivity index (χ0) is 17.0. The summed E-state index contributed by atoms with van der Waals surface area (Å²) in [5.41, 5.74) is 0.141. The van der Waals surface area contributed by atoms with Gasteiger partial charge in [-0.3, -0.25) is 5.10 Å². The number of nitriles is 1. The summed E-state index contributed by atoms with van der Waals surface area (Å²) in [5.74, 6) is -1.40. The molecular weight excluding hydrogens is 304 g/mol. The molecule has 0 aromatic carbocycles. The zero-order valence-corrected chi connectivity index (χ0v) is 12.4. The summed E-state index contributed by atoms with van der Waals surface area (Å²) in [6.45, 7) is 3.25. The molecule has 3 N–H and O–H groups in total. The van der Waals surface area contributed by atoms with Crippen molar-refractivity contribution in [3.05, 3.63) is 34.9 Å². The molecule has 0 bridgehead atoms. The number of aromatic amines is 1. The molecular formula is C14H14N4O5. The smallest absolute Gasteiger partial charge is 0.339 e. The summed E-state index contributed by atoms with van der Waals surface area (Å²) in [6.07, 6.45) is 1.29. The van der Waals surface area contributed by atoms with Gasteiger partial charge in [-0.2, -0.15) is 10.4 Å². The van der Waals surface area contributed by atoms with E-state index in [0.717, 1.165) is 0 Å². The van der Waals surface area contributed by atoms with Gasteiger partial charge in [-0.25, -0.2) is 9.59 Å². The number of nitrogens with zero attached hydrogens (tertiary/aromatic N) is 2. The molecule has 0 aliphatic rings. The molecule has 0 aliphatic heterocycles. The Kier molecular flexibility index (Phi) is 4.66. The standard InChI is InChI=1S/C14H14N4O5/c1-3-22-14(21)11(17-12-8(5-15)6-16-18-12)10-4-9(13(19)20)7(2)23-10/h4,6,11H,3H2,1-2H3,(H,19,20)(H2,16,17,18). The highest BCUT2D eigenvalue weighted by atomic mass is 16.5. The highest BCUT2D eigenvalue weighted by Gasteiger charge is 2.29. The normalized spacial score (nSPS) is 11.5. The first-order valence-corrected chi connectivity index (χ1v) is 6.68. The molecule has 0 amide bonds. The van der Waals surface area contributed by atoms with Crippen molar-refractivity contribution in [2.24, 2.45) is 0 Å². The van der Waals surface area contributed by atoms with Crippen LogP contribution in [0.3, 0.4) is 0 Å². The van der Waals surface area contributed by atoms with Crippen LogP contribution >= 0.6 is 0 Å². The number of esters is 1. The fourth-order valence-electron chi connectivity index (χ4n) is 1.96. The van der Waals surface area contributed by atoms with E-state index in [-0.39, 0.29) is 35.1 Å². The largest absolute Gasteiger partial charge is 0.478 e. The Morgan fingerprint density at radius 1 is 1.61 bits per heavy atom. The third-order valence-corrected chi connectivity index (χ3v) is 3.02. The predicted molar refractivity (Wildman–Crippen MR) is 76.7 cm³/mol. The molecule has 9 nitrogen and oxygen atoms in total. The number of carbonyl (C=O) groups is 2. The maximum atomic E-state index is 12.2. The number of aromatic nitrogens is 2. The van der Waals surface area contributed by atoms with Gasteiger partial charge in [0.05, 0.1) is 12.8 Å². The van der Waals surface area contributed by atoms with Crippen LogP contribution in [0.5, 0.6) is 0 Å². The SMILES string of the molecule is CCOC(=O)C(Nc1[nH]ncc1C#N)c1cc(C(=O)O)c(C)o1. The van der Waals surface area contributed by atoms with Crippen LogP contribution in [-0.2, 0) is 9.53 Å². The van der Waals surface area contributed by atoms with Crippen molar-refractivity contribution in [2.75, 3.05) is 11.9 Å². The lowest BCUT2D eigenvalue weighted by molar-refractivity contribution is -0.144. The Hall–Kier alpha value is -3.28. The Morgan fingerprint density at radius 3 is 2.91 bits per heavy atom. The first-order valence-electron chi connectivity index (χ1n) is 6.68. The average Bonchev–Trinajstić information content (AvgIpc) is 3.10. The van der Waals surface area contributed by atoms with E-state index in [1.165, 1.54) is 19.2 Å². The van der Waals surface area contributed by atoms with Gasteiger partial charge in [0.15, 0.2) is 6.04 Å². The lowest BCUT2D eigenvalue weighted by Gasteiger charge is -2.15. The second-order valence-corrected chi connectivity index (χ2v) is 4.52. The summed E-state index contributed by atoms with van der Waals surface area (Å²) < 4.78 is 10.3. The number of carboxylic acid groups (broad SMARTS) is 1. The van der Waals surface area contributed by atoms with Gasteiger partial charge in [0.25, 0.3) is 0 Å². The van der Waals surface area contributed by atoms with Crippen LogP contribution in [0.15, 0.2) is 16.7 Å². The van der Waals surface area contributed by atoms with E-state index < -0.39 is 18.0 Å². The lowest BCUT2D eigenvalue weighted by atomic mass is 10.1. The third-order valence-electron chi connectivity index (χ3n) is 3.02. The number of carboxylic acids is 1. The summed E-state index contributed by atoms with van der Waals surface area (Å²) in [7, 11) is 0. The number of furan rings is 1. The topological polar surface area (TPSA) is 141 Å². The van der Waals surface area contributed by atoms with Crippen LogP contribution in [0.1, 0.15) is 40.4 Å². The molecule has 0 saturated carbocycles.